The van der Waals surface area contributed by atoms with Crippen LogP contribution in [0.1, 0.15) is 36.6 Å². The van der Waals surface area contributed by atoms with E-state index in [0.29, 0.717) is 26.9 Å². The van der Waals surface area contributed by atoms with Crippen LogP contribution in [-0.4, -0.2) is 31.4 Å². The number of halogens is 3. The molecule has 0 fully saturated rings. The molecule has 0 saturated heterocycles. The molecule has 0 spiro atoms. The summed E-state index contributed by atoms with van der Waals surface area (Å²) in [5, 5.41) is 9.72. The number of anilines is 2. The Kier molecular flexibility index (Phi) is 6.19. The number of fused-ring (bicyclic) bond motifs is 1. The van der Waals surface area contributed by atoms with Gasteiger partial charge in [-0.3, -0.25) is 0 Å². The molecule has 1 unspecified atom stereocenters. The monoisotopic (exact) mass is 502 g/mol. The van der Waals surface area contributed by atoms with Gasteiger partial charge in [-0.2, -0.15) is 4.98 Å². The Bertz CT molecular complexity index is 1300. The van der Waals surface area contributed by atoms with E-state index in [0.717, 1.165) is 48.6 Å². The lowest BCUT2D eigenvalue weighted by molar-refractivity contribution is 0.413. The van der Waals surface area contributed by atoms with Gasteiger partial charge in [-0.25, -0.2) is 9.67 Å². The zero-order valence-corrected chi connectivity index (χ0v) is 20.1. The van der Waals surface area contributed by atoms with E-state index in [4.69, 9.17) is 49.6 Å². The van der Waals surface area contributed by atoms with E-state index in [2.05, 4.69) is 10.3 Å². The van der Waals surface area contributed by atoms with Gasteiger partial charge in [0.25, 0.3) is 0 Å². The highest BCUT2D eigenvalue weighted by Crippen LogP contribution is 2.37. The van der Waals surface area contributed by atoms with E-state index in [9.17, 15) is 0 Å². The van der Waals surface area contributed by atoms with Crippen LogP contribution in [0.25, 0.3) is 5.69 Å². The molecular formula is C23H21Cl3N6O. The number of benzene rings is 2. The van der Waals surface area contributed by atoms with Crippen LogP contribution in [0.4, 0.5) is 11.6 Å². The maximum atomic E-state index is 6.53. The Balaban J connectivity index is 1.45. The second-order valence-electron chi connectivity index (χ2n) is 7.85. The minimum absolute atomic E-state index is 0.0585. The molecule has 5 rings (SSSR count). The number of hydrogen-bond donors (Lipinski definition) is 1. The number of ether oxygens (including phenoxy) is 1. The Hall–Kier alpha value is -2.74. The van der Waals surface area contributed by atoms with Crippen LogP contribution in [0, 0.1) is 0 Å². The molecule has 0 aliphatic carbocycles. The zero-order valence-electron chi connectivity index (χ0n) is 17.8. The van der Waals surface area contributed by atoms with Crippen molar-refractivity contribution < 1.29 is 4.74 Å². The first-order chi connectivity index (χ1) is 16.0. The molecule has 2 aromatic carbocycles. The topological polar surface area (TPSA) is 69.8 Å². The van der Waals surface area contributed by atoms with E-state index in [1.165, 1.54) is 0 Å². The number of aryl methyl sites for hydroxylation is 1. The van der Waals surface area contributed by atoms with Crippen LogP contribution >= 0.6 is 34.8 Å². The van der Waals surface area contributed by atoms with Crippen LogP contribution in [0.3, 0.4) is 0 Å². The maximum Gasteiger partial charge on any atom is 0.246 e. The third-order valence-corrected chi connectivity index (χ3v) is 6.49. The fraction of sp³-hybridized carbons (Fsp3) is 0.261. The smallest absolute Gasteiger partial charge is 0.246 e. The molecule has 0 saturated carbocycles. The van der Waals surface area contributed by atoms with Gasteiger partial charge >= 0.3 is 0 Å². The maximum absolute atomic E-state index is 6.53. The standard InChI is InChI=1S/C23H21Cl3N6O/c1-33-20-11-15(6-8-19(20)31-12-21(26)27-13-31)28-23-29-22-17(4-2-3-9-32(22)30-23)16-7-5-14(24)10-18(16)25/h5-8,10-13,17H,2-4,9H2,1H3,(H,28,30). The highest BCUT2D eigenvalue weighted by atomic mass is 35.5. The molecular weight excluding hydrogens is 483 g/mol. The molecule has 7 nitrogen and oxygen atoms in total. The SMILES string of the molecule is COc1cc(Nc2nc3n(n2)CCCCC3c2ccc(Cl)cc2Cl)ccc1-n1cnc(Cl)c1. The number of imidazole rings is 1. The van der Waals surface area contributed by atoms with Crippen LogP contribution in [0.15, 0.2) is 48.9 Å². The van der Waals surface area contributed by atoms with Gasteiger partial charge in [0.2, 0.25) is 5.95 Å². The van der Waals surface area contributed by atoms with Crippen molar-refractivity contribution in [2.75, 3.05) is 12.4 Å². The molecule has 0 bridgehead atoms. The Morgan fingerprint density at radius 1 is 1.09 bits per heavy atom. The summed E-state index contributed by atoms with van der Waals surface area (Å²) in [6, 6.07) is 11.4. The van der Waals surface area contributed by atoms with E-state index >= 15 is 0 Å². The van der Waals surface area contributed by atoms with Crippen molar-refractivity contribution in [2.24, 2.45) is 0 Å². The second-order valence-corrected chi connectivity index (χ2v) is 9.08. The van der Waals surface area contributed by atoms with Gasteiger partial charge in [0.05, 0.1) is 12.8 Å². The lowest BCUT2D eigenvalue weighted by Crippen LogP contribution is -2.09. The first-order valence-electron chi connectivity index (χ1n) is 10.6. The lowest BCUT2D eigenvalue weighted by Gasteiger charge is -2.16. The van der Waals surface area contributed by atoms with E-state index in [-0.39, 0.29) is 5.92 Å². The molecule has 3 heterocycles. The zero-order chi connectivity index (χ0) is 22.9. The number of aromatic nitrogens is 5. The highest BCUT2D eigenvalue weighted by Gasteiger charge is 2.26. The van der Waals surface area contributed by atoms with Gasteiger partial charge in [-0.15, -0.1) is 5.10 Å². The minimum Gasteiger partial charge on any atom is -0.494 e. The van der Waals surface area contributed by atoms with Crippen LogP contribution in [0.5, 0.6) is 5.75 Å². The van der Waals surface area contributed by atoms with E-state index < -0.39 is 0 Å². The number of nitrogens with one attached hydrogen (secondary N) is 1. The van der Waals surface area contributed by atoms with Gasteiger partial charge < -0.3 is 14.6 Å². The first kappa shape index (κ1) is 22.1. The van der Waals surface area contributed by atoms with Crippen molar-refractivity contribution in [3.05, 3.63) is 75.5 Å². The largest absolute Gasteiger partial charge is 0.494 e. The average molecular weight is 504 g/mol. The molecule has 1 atom stereocenters. The second kappa shape index (κ2) is 9.25. The van der Waals surface area contributed by atoms with Crippen molar-refractivity contribution in [1.82, 2.24) is 24.3 Å². The predicted molar refractivity (Wildman–Crippen MR) is 131 cm³/mol. The summed E-state index contributed by atoms with van der Waals surface area (Å²) in [4.78, 5) is 8.91. The van der Waals surface area contributed by atoms with Crippen molar-refractivity contribution >= 4 is 46.4 Å². The van der Waals surface area contributed by atoms with Crippen LogP contribution in [-0.2, 0) is 6.54 Å². The Morgan fingerprint density at radius 2 is 1.97 bits per heavy atom. The summed E-state index contributed by atoms with van der Waals surface area (Å²) in [5.74, 6) is 2.15. The average Bonchev–Trinajstić information content (AvgIpc) is 3.35. The number of nitrogens with zero attached hydrogens (tertiary/aromatic N) is 5. The lowest BCUT2D eigenvalue weighted by atomic mass is 9.93. The van der Waals surface area contributed by atoms with Gasteiger partial charge in [0.1, 0.15) is 23.1 Å². The van der Waals surface area contributed by atoms with Crippen LogP contribution in [0.2, 0.25) is 15.2 Å². The normalized spacial score (nSPS) is 15.7. The fourth-order valence-corrected chi connectivity index (χ4v) is 4.86. The first-order valence-corrected chi connectivity index (χ1v) is 11.7. The van der Waals surface area contributed by atoms with Gasteiger partial charge in [-0.05, 0) is 42.7 Å². The summed E-state index contributed by atoms with van der Waals surface area (Å²) in [6.07, 6.45) is 6.43. The summed E-state index contributed by atoms with van der Waals surface area (Å²) in [7, 11) is 1.62. The van der Waals surface area contributed by atoms with E-state index in [1.54, 1.807) is 25.7 Å². The highest BCUT2D eigenvalue weighted by molar-refractivity contribution is 6.35. The number of methoxy groups -OCH3 is 1. The predicted octanol–water partition coefficient (Wildman–Crippen LogP) is 6.49. The third-order valence-electron chi connectivity index (χ3n) is 5.73. The summed E-state index contributed by atoms with van der Waals surface area (Å²) in [6.45, 7) is 0.815. The van der Waals surface area contributed by atoms with Crippen molar-refractivity contribution in [3.8, 4) is 11.4 Å². The van der Waals surface area contributed by atoms with Crippen LogP contribution < -0.4 is 10.1 Å². The molecule has 1 aliphatic heterocycles. The molecule has 10 heteroatoms. The molecule has 0 radical (unpaired) electrons. The van der Waals surface area contributed by atoms with Gasteiger partial charge in [0.15, 0.2) is 0 Å². The van der Waals surface area contributed by atoms with E-state index in [1.807, 2.05) is 39.6 Å². The molecule has 4 aromatic rings. The number of hydrogen-bond acceptors (Lipinski definition) is 5. The fourth-order valence-electron chi connectivity index (χ4n) is 4.18. The molecule has 33 heavy (non-hydrogen) atoms. The van der Waals surface area contributed by atoms with Crippen molar-refractivity contribution in [2.45, 2.75) is 31.7 Å². The van der Waals surface area contributed by atoms with Crippen molar-refractivity contribution in [3.63, 3.8) is 0 Å². The molecule has 0 amide bonds. The summed E-state index contributed by atoms with van der Waals surface area (Å²) >= 11 is 18.6. The quantitative estimate of drug-likeness (QED) is 0.337. The molecule has 1 aliphatic rings. The molecule has 170 valence electrons. The Morgan fingerprint density at radius 3 is 2.73 bits per heavy atom. The minimum atomic E-state index is 0.0585. The van der Waals surface area contributed by atoms with Gasteiger partial charge in [0, 0.05) is 40.5 Å². The number of rotatable bonds is 5. The summed E-state index contributed by atoms with van der Waals surface area (Å²) < 4.78 is 9.36. The Labute approximate surface area is 206 Å². The molecule has 2 aromatic heterocycles. The molecule has 1 N–H and O–H groups in total. The third kappa shape index (κ3) is 4.53. The van der Waals surface area contributed by atoms with Gasteiger partial charge in [-0.1, -0.05) is 47.3 Å². The van der Waals surface area contributed by atoms with Crippen molar-refractivity contribution in [1.29, 1.82) is 0 Å². The summed E-state index contributed by atoms with van der Waals surface area (Å²) in [5.41, 5.74) is 2.66.